The van der Waals surface area contributed by atoms with Crippen LogP contribution in [0.1, 0.15) is 26.3 Å². The summed E-state index contributed by atoms with van der Waals surface area (Å²) in [6, 6.07) is 14.4. The van der Waals surface area contributed by atoms with Gasteiger partial charge in [0.05, 0.1) is 5.41 Å². The molecule has 2 aromatic rings. The minimum Gasteiger partial charge on any atom is -0.294 e. The number of fused-ring (bicyclic) bond motifs is 1. The topological polar surface area (TPSA) is 17.1 Å². The highest BCUT2D eigenvalue weighted by Gasteiger charge is 2.29. The molecule has 0 saturated heterocycles. The van der Waals surface area contributed by atoms with Crippen molar-refractivity contribution in [1.29, 1.82) is 0 Å². The van der Waals surface area contributed by atoms with Gasteiger partial charge in [-0.05, 0) is 42.7 Å². The number of ketones is 1. The van der Waals surface area contributed by atoms with Crippen LogP contribution in [0.3, 0.4) is 0 Å². The molecule has 0 atom stereocenters. The van der Waals surface area contributed by atoms with Crippen LogP contribution in [0.25, 0.3) is 10.8 Å². The number of carbonyl (C=O) groups is 1. The zero-order valence-electron chi connectivity index (χ0n) is 11.2. The van der Waals surface area contributed by atoms with Crippen molar-refractivity contribution >= 4 is 16.6 Å². The summed E-state index contributed by atoms with van der Waals surface area (Å²) in [5.74, 6) is 0.0952. The molecule has 0 aliphatic rings. The van der Waals surface area contributed by atoms with E-state index in [2.05, 4.69) is 30.8 Å². The fourth-order valence-electron chi connectivity index (χ4n) is 2.24. The third-order valence-electron chi connectivity index (χ3n) is 3.43. The molecule has 0 heterocycles. The Morgan fingerprint density at radius 2 is 1.67 bits per heavy atom. The largest absolute Gasteiger partial charge is 0.294 e. The van der Waals surface area contributed by atoms with E-state index in [0.29, 0.717) is 5.57 Å². The summed E-state index contributed by atoms with van der Waals surface area (Å²) >= 11 is 0. The van der Waals surface area contributed by atoms with Crippen molar-refractivity contribution in [3.63, 3.8) is 0 Å². The lowest BCUT2D eigenvalue weighted by atomic mass is 9.78. The maximum atomic E-state index is 12.2. The van der Waals surface area contributed by atoms with E-state index in [1.54, 1.807) is 6.92 Å². The van der Waals surface area contributed by atoms with Crippen LogP contribution in [-0.2, 0) is 10.2 Å². The van der Waals surface area contributed by atoms with Crippen molar-refractivity contribution in [3.05, 3.63) is 60.2 Å². The second-order valence-corrected chi connectivity index (χ2v) is 5.30. The summed E-state index contributed by atoms with van der Waals surface area (Å²) in [7, 11) is 0. The Morgan fingerprint density at radius 3 is 2.28 bits per heavy atom. The SMILES string of the molecule is C=C(C)C(=O)C(C)(C)c1ccc2ccccc2c1. The molecule has 0 N–H and O–H groups in total. The fourth-order valence-corrected chi connectivity index (χ4v) is 2.24. The van der Waals surface area contributed by atoms with Crippen LogP contribution in [0, 0.1) is 0 Å². The standard InChI is InChI=1S/C17H18O/c1-12(2)16(18)17(3,4)15-10-9-13-7-5-6-8-14(13)11-15/h5-11H,1H2,2-4H3. The predicted octanol–water partition coefficient (Wildman–Crippen LogP) is 4.26. The molecule has 0 fully saturated rings. The van der Waals surface area contributed by atoms with Gasteiger partial charge in [0.2, 0.25) is 0 Å². The molecule has 0 amide bonds. The van der Waals surface area contributed by atoms with Crippen molar-refractivity contribution in [2.75, 3.05) is 0 Å². The molecule has 18 heavy (non-hydrogen) atoms. The highest BCUT2D eigenvalue weighted by Crippen LogP contribution is 2.29. The van der Waals surface area contributed by atoms with E-state index < -0.39 is 5.41 Å². The van der Waals surface area contributed by atoms with E-state index in [1.165, 1.54) is 5.39 Å². The summed E-state index contributed by atoms with van der Waals surface area (Å²) in [6.07, 6.45) is 0. The number of benzene rings is 2. The Labute approximate surface area is 108 Å². The number of hydrogen-bond donors (Lipinski definition) is 0. The van der Waals surface area contributed by atoms with Gasteiger partial charge in [0.25, 0.3) is 0 Å². The van der Waals surface area contributed by atoms with E-state index in [9.17, 15) is 4.79 Å². The van der Waals surface area contributed by atoms with E-state index in [1.807, 2.05) is 32.0 Å². The Morgan fingerprint density at radius 1 is 1.06 bits per heavy atom. The minimum absolute atomic E-state index is 0.0952. The molecule has 0 bridgehead atoms. The predicted molar refractivity (Wildman–Crippen MR) is 76.8 cm³/mol. The number of Topliss-reactive ketones (excluding diaryl/α,β-unsaturated/α-hetero) is 1. The number of hydrogen-bond acceptors (Lipinski definition) is 1. The molecule has 2 rings (SSSR count). The van der Waals surface area contributed by atoms with Gasteiger partial charge in [-0.3, -0.25) is 4.79 Å². The second-order valence-electron chi connectivity index (χ2n) is 5.30. The molecule has 0 unspecified atom stereocenters. The maximum absolute atomic E-state index is 12.2. The first-order valence-electron chi connectivity index (χ1n) is 6.12. The molecular weight excluding hydrogens is 220 g/mol. The van der Waals surface area contributed by atoms with Crippen molar-refractivity contribution < 1.29 is 4.79 Å². The lowest BCUT2D eigenvalue weighted by Crippen LogP contribution is -2.29. The lowest BCUT2D eigenvalue weighted by molar-refractivity contribution is -0.119. The van der Waals surface area contributed by atoms with E-state index >= 15 is 0 Å². The first-order chi connectivity index (χ1) is 8.43. The van der Waals surface area contributed by atoms with Gasteiger partial charge >= 0.3 is 0 Å². The fraction of sp³-hybridized carbons (Fsp3) is 0.235. The third-order valence-corrected chi connectivity index (χ3v) is 3.43. The molecule has 0 aliphatic carbocycles. The molecule has 0 spiro atoms. The van der Waals surface area contributed by atoms with Gasteiger partial charge in [-0.2, -0.15) is 0 Å². The Hall–Kier alpha value is -1.89. The molecular formula is C17H18O. The van der Waals surface area contributed by atoms with Crippen molar-refractivity contribution in [1.82, 2.24) is 0 Å². The summed E-state index contributed by atoms with van der Waals surface area (Å²) in [5, 5.41) is 2.36. The average molecular weight is 238 g/mol. The van der Waals surface area contributed by atoms with Gasteiger partial charge in [-0.15, -0.1) is 0 Å². The van der Waals surface area contributed by atoms with E-state index in [0.717, 1.165) is 10.9 Å². The highest BCUT2D eigenvalue weighted by molar-refractivity contribution is 6.02. The van der Waals surface area contributed by atoms with Gasteiger partial charge < -0.3 is 0 Å². The molecule has 0 saturated carbocycles. The van der Waals surface area contributed by atoms with Gasteiger partial charge in [0.1, 0.15) is 0 Å². The summed E-state index contributed by atoms with van der Waals surface area (Å²) in [5.41, 5.74) is 1.12. The zero-order chi connectivity index (χ0) is 13.3. The van der Waals surface area contributed by atoms with Crippen LogP contribution in [0.5, 0.6) is 0 Å². The van der Waals surface area contributed by atoms with E-state index in [4.69, 9.17) is 0 Å². The van der Waals surface area contributed by atoms with E-state index in [-0.39, 0.29) is 5.78 Å². The normalized spacial score (nSPS) is 11.5. The van der Waals surface area contributed by atoms with Crippen LogP contribution in [0.4, 0.5) is 0 Å². The number of rotatable bonds is 3. The zero-order valence-corrected chi connectivity index (χ0v) is 11.2. The van der Waals surface area contributed by atoms with Gasteiger partial charge in [0.15, 0.2) is 5.78 Å². The molecule has 0 aromatic heterocycles. The molecule has 0 aliphatic heterocycles. The first kappa shape index (κ1) is 12.6. The van der Waals surface area contributed by atoms with Crippen molar-refractivity contribution in [2.45, 2.75) is 26.2 Å². The number of allylic oxidation sites excluding steroid dienone is 1. The Kier molecular flexibility index (Phi) is 3.08. The van der Waals surface area contributed by atoms with Crippen LogP contribution in [-0.4, -0.2) is 5.78 Å². The lowest BCUT2D eigenvalue weighted by Gasteiger charge is -2.24. The Bertz CT molecular complexity index is 620. The molecule has 1 heteroatoms. The third kappa shape index (κ3) is 2.08. The monoisotopic (exact) mass is 238 g/mol. The quantitative estimate of drug-likeness (QED) is 0.730. The molecule has 2 aromatic carbocycles. The van der Waals surface area contributed by atoms with Crippen LogP contribution in [0.2, 0.25) is 0 Å². The first-order valence-corrected chi connectivity index (χ1v) is 6.12. The van der Waals surface area contributed by atoms with Gasteiger partial charge in [-0.1, -0.05) is 49.0 Å². The summed E-state index contributed by atoms with van der Waals surface area (Å²) < 4.78 is 0. The average Bonchev–Trinajstić information content (AvgIpc) is 2.37. The van der Waals surface area contributed by atoms with Crippen LogP contribution in [0.15, 0.2) is 54.6 Å². The Balaban J connectivity index is 2.54. The number of carbonyl (C=O) groups excluding carboxylic acids is 1. The van der Waals surface area contributed by atoms with Gasteiger partial charge in [0, 0.05) is 0 Å². The van der Waals surface area contributed by atoms with Crippen molar-refractivity contribution in [3.8, 4) is 0 Å². The maximum Gasteiger partial charge on any atom is 0.167 e. The van der Waals surface area contributed by atoms with Crippen molar-refractivity contribution in [2.24, 2.45) is 0 Å². The van der Waals surface area contributed by atoms with Crippen LogP contribution < -0.4 is 0 Å². The summed E-state index contributed by atoms with van der Waals surface area (Å²) in [6.45, 7) is 9.43. The van der Waals surface area contributed by atoms with Gasteiger partial charge in [-0.25, -0.2) is 0 Å². The molecule has 1 nitrogen and oxygen atoms in total. The molecule has 0 radical (unpaired) electrons. The van der Waals surface area contributed by atoms with Crippen LogP contribution >= 0.6 is 0 Å². The molecule has 92 valence electrons. The highest BCUT2D eigenvalue weighted by atomic mass is 16.1. The minimum atomic E-state index is -0.518. The smallest absolute Gasteiger partial charge is 0.167 e. The second kappa shape index (κ2) is 4.41. The summed E-state index contributed by atoms with van der Waals surface area (Å²) in [4.78, 5) is 12.2.